The number of amidine groups is 1. The van der Waals surface area contributed by atoms with Crippen LogP contribution in [-0.4, -0.2) is 54.0 Å². The number of fused-ring (bicyclic) bond motifs is 2. The number of benzene rings is 2. The van der Waals surface area contributed by atoms with Crippen molar-refractivity contribution >= 4 is 23.1 Å². The molecule has 2 aliphatic heterocycles. The molecule has 0 saturated carbocycles. The Morgan fingerprint density at radius 2 is 1.83 bits per heavy atom. The largest absolute Gasteiger partial charge is 0.508 e. The average molecular weight is 344 g/mol. The van der Waals surface area contributed by atoms with Gasteiger partial charge in [0, 0.05) is 37.3 Å². The van der Waals surface area contributed by atoms with Gasteiger partial charge in [0.2, 0.25) is 0 Å². The molecular formula is C18H18ClN3O2. The van der Waals surface area contributed by atoms with E-state index in [1.54, 1.807) is 24.3 Å². The summed E-state index contributed by atoms with van der Waals surface area (Å²) >= 11 is 6.13. The molecule has 0 unspecified atom stereocenters. The Bertz CT molecular complexity index is 814. The van der Waals surface area contributed by atoms with Gasteiger partial charge in [0.15, 0.2) is 5.75 Å². The summed E-state index contributed by atoms with van der Waals surface area (Å²) in [6.07, 6.45) is 0. The summed E-state index contributed by atoms with van der Waals surface area (Å²) in [5, 5.41) is 10.5. The van der Waals surface area contributed by atoms with E-state index in [1.165, 1.54) is 0 Å². The van der Waals surface area contributed by atoms with E-state index in [1.807, 2.05) is 12.1 Å². The molecule has 0 bridgehead atoms. The summed E-state index contributed by atoms with van der Waals surface area (Å²) in [7, 11) is 2.12. The predicted molar refractivity (Wildman–Crippen MR) is 94.9 cm³/mol. The summed E-state index contributed by atoms with van der Waals surface area (Å²) in [4.78, 5) is 9.41. The van der Waals surface area contributed by atoms with Crippen molar-refractivity contribution in [3.05, 3.63) is 47.0 Å². The van der Waals surface area contributed by atoms with Crippen LogP contribution in [0.4, 0.5) is 5.69 Å². The predicted octanol–water partition coefficient (Wildman–Crippen LogP) is 3.48. The molecule has 0 atom stereocenters. The van der Waals surface area contributed by atoms with Gasteiger partial charge in [0.1, 0.15) is 23.0 Å². The Kier molecular flexibility index (Phi) is 3.82. The molecule has 6 heteroatoms. The first-order valence-corrected chi connectivity index (χ1v) is 8.31. The first-order chi connectivity index (χ1) is 11.6. The van der Waals surface area contributed by atoms with Crippen LogP contribution in [0.3, 0.4) is 0 Å². The molecular weight excluding hydrogens is 326 g/mol. The van der Waals surface area contributed by atoms with Gasteiger partial charge < -0.3 is 19.6 Å². The van der Waals surface area contributed by atoms with Gasteiger partial charge in [0.25, 0.3) is 0 Å². The van der Waals surface area contributed by atoms with Crippen molar-refractivity contribution in [3.8, 4) is 17.2 Å². The monoisotopic (exact) mass is 343 g/mol. The highest BCUT2D eigenvalue weighted by Gasteiger charge is 2.25. The molecule has 24 heavy (non-hydrogen) atoms. The van der Waals surface area contributed by atoms with E-state index in [0.29, 0.717) is 22.2 Å². The van der Waals surface area contributed by atoms with Crippen LogP contribution < -0.4 is 4.74 Å². The number of piperazine rings is 1. The van der Waals surface area contributed by atoms with Crippen molar-refractivity contribution in [2.75, 3.05) is 33.2 Å². The van der Waals surface area contributed by atoms with Crippen LogP contribution >= 0.6 is 11.6 Å². The van der Waals surface area contributed by atoms with Gasteiger partial charge in [-0.1, -0.05) is 11.6 Å². The third kappa shape index (κ3) is 2.81. The quantitative estimate of drug-likeness (QED) is 0.795. The van der Waals surface area contributed by atoms with E-state index in [4.69, 9.17) is 21.3 Å². The maximum Gasteiger partial charge on any atom is 0.153 e. The highest BCUT2D eigenvalue weighted by Crippen LogP contribution is 2.40. The van der Waals surface area contributed by atoms with Gasteiger partial charge in [-0.25, -0.2) is 4.99 Å². The minimum absolute atomic E-state index is 0.170. The van der Waals surface area contributed by atoms with E-state index < -0.39 is 0 Å². The van der Waals surface area contributed by atoms with Gasteiger partial charge in [-0.15, -0.1) is 0 Å². The Balaban J connectivity index is 1.85. The number of aliphatic imine (C=N–C) groups is 1. The van der Waals surface area contributed by atoms with E-state index in [0.717, 1.165) is 37.6 Å². The average Bonchev–Trinajstić information content (AvgIpc) is 2.71. The number of rotatable bonds is 0. The van der Waals surface area contributed by atoms with Gasteiger partial charge in [0.05, 0.1) is 5.56 Å². The van der Waals surface area contributed by atoms with Crippen molar-refractivity contribution in [1.82, 2.24) is 9.80 Å². The van der Waals surface area contributed by atoms with Crippen molar-refractivity contribution in [2.45, 2.75) is 0 Å². The maximum atomic E-state index is 9.84. The van der Waals surface area contributed by atoms with E-state index in [-0.39, 0.29) is 5.75 Å². The smallest absolute Gasteiger partial charge is 0.153 e. The molecule has 0 aromatic heterocycles. The summed E-state index contributed by atoms with van der Waals surface area (Å²) < 4.78 is 6.01. The number of halogens is 1. The van der Waals surface area contributed by atoms with Gasteiger partial charge >= 0.3 is 0 Å². The van der Waals surface area contributed by atoms with Crippen molar-refractivity contribution in [3.63, 3.8) is 0 Å². The highest BCUT2D eigenvalue weighted by atomic mass is 35.5. The molecule has 2 aliphatic rings. The van der Waals surface area contributed by atoms with E-state index >= 15 is 0 Å². The first kappa shape index (κ1) is 15.3. The second kappa shape index (κ2) is 6.00. The highest BCUT2D eigenvalue weighted by molar-refractivity contribution is 6.31. The van der Waals surface area contributed by atoms with Crippen LogP contribution in [-0.2, 0) is 0 Å². The Morgan fingerprint density at radius 1 is 1.04 bits per heavy atom. The lowest BCUT2D eigenvalue weighted by Crippen LogP contribution is -2.47. The molecule has 2 heterocycles. The van der Waals surface area contributed by atoms with Crippen molar-refractivity contribution in [2.24, 2.45) is 4.99 Å². The van der Waals surface area contributed by atoms with Crippen LogP contribution in [0.2, 0.25) is 5.02 Å². The lowest BCUT2D eigenvalue weighted by molar-refractivity contribution is 0.215. The fraction of sp³-hybridized carbons (Fsp3) is 0.278. The number of hydrogen-bond acceptors (Lipinski definition) is 5. The molecule has 0 amide bonds. The third-order valence-corrected chi connectivity index (χ3v) is 4.61. The fourth-order valence-corrected chi connectivity index (χ4v) is 3.16. The number of phenols is 1. The van der Waals surface area contributed by atoms with Crippen LogP contribution in [0.25, 0.3) is 0 Å². The zero-order valence-electron chi connectivity index (χ0n) is 13.4. The normalized spacial score (nSPS) is 17.4. The third-order valence-electron chi connectivity index (χ3n) is 4.38. The zero-order valence-corrected chi connectivity index (χ0v) is 14.1. The molecule has 124 valence electrons. The molecule has 1 saturated heterocycles. The number of ether oxygens (including phenoxy) is 1. The van der Waals surface area contributed by atoms with Crippen LogP contribution in [0.15, 0.2) is 41.4 Å². The Labute approximate surface area is 145 Å². The fourth-order valence-electron chi connectivity index (χ4n) is 3.00. The van der Waals surface area contributed by atoms with E-state index in [9.17, 15) is 5.11 Å². The summed E-state index contributed by atoms with van der Waals surface area (Å²) in [6.45, 7) is 3.75. The minimum Gasteiger partial charge on any atom is -0.508 e. The molecule has 4 rings (SSSR count). The molecule has 1 N–H and O–H groups in total. The topological polar surface area (TPSA) is 48.3 Å². The van der Waals surface area contributed by atoms with Gasteiger partial charge in [-0.2, -0.15) is 0 Å². The van der Waals surface area contributed by atoms with Crippen molar-refractivity contribution in [1.29, 1.82) is 0 Å². The molecule has 5 nitrogen and oxygen atoms in total. The van der Waals surface area contributed by atoms with Gasteiger partial charge in [-0.05, 0) is 37.4 Å². The second-order valence-electron chi connectivity index (χ2n) is 6.12. The molecule has 1 fully saturated rings. The lowest BCUT2D eigenvalue weighted by atomic mass is 10.1. The van der Waals surface area contributed by atoms with Crippen molar-refractivity contribution < 1.29 is 9.84 Å². The summed E-state index contributed by atoms with van der Waals surface area (Å²) in [6, 6.07) is 10.5. The van der Waals surface area contributed by atoms with Gasteiger partial charge in [-0.3, -0.25) is 0 Å². The maximum absolute atomic E-state index is 9.84. The second-order valence-corrected chi connectivity index (χ2v) is 6.56. The first-order valence-electron chi connectivity index (χ1n) is 7.93. The zero-order chi connectivity index (χ0) is 16.7. The van der Waals surface area contributed by atoms with Crippen LogP contribution in [0.5, 0.6) is 17.2 Å². The molecule has 2 aromatic rings. The number of aromatic hydroxyl groups is 1. The summed E-state index contributed by atoms with van der Waals surface area (Å²) in [5.41, 5.74) is 1.58. The molecule has 0 aliphatic carbocycles. The standard InChI is InChI=1S/C18H18ClN3O2/c1-21-6-8-22(9-7-21)18-14-4-3-13(23)11-17(14)24-16-5-2-12(19)10-15(16)20-18/h2-5,10-11,23H,6-9H2,1H3. The molecule has 2 aromatic carbocycles. The molecule has 0 spiro atoms. The minimum atomic E-state index is 0.170. The van der Waals surface area contributed by atoms with Crippen LogP contribution in [0, 0.1) is 0 Å². The lowest BCUT2D eigenvalue weighted by Gasteiger charge is -2.34. The number of phenolic OH excluding ortho intramolecular Hbond substituents is 1. The number of nitrogens with zero attached hydrogens (tertiary/aromatic N) is 3. The van der Waals surface area contributed by atoms with Crippen LogP contribution in [0.1, 0.15) is 5.56 Å². The summed E-state index contributed by atoms with van der Waals surface area (Å²) in [5.74, 6) is 2.27. The SMILES string of the molecule is CN1CCN(C2=Nc3cc(Cl)ccc3Oc3cc(O)ccc32)CC1. The number of hydrogen-bond donors (Lipinski definition) is 1. The Hall–Kier alpha value is -2.24. The van der Waals surface area contributed by atoms with E-state index in [2.05, 4.69) is 16.8 Å². The Morgan fingerprint density at radius 3 is 2.62 bits per heavy atom. The number of likely N-dealkylation sites (N-methyl/N-ethyl adjacent to an activating group) is 1. The molecule has 0 radical (unpaired) electrons.